The van der Waals surface area contributed by atoms with Crippen LogP contribution in [0.3, 0.4) is 0 Å². The molecule has 6 nitrogen and oxygen atoms in total. The summed E-state index contributed by atoms with van der Waals surface area (Å²) >= 11 is 0. The predicted octanol–water partition coefficient (Wildman–Crippen LogP) is 3.31. The van der Waals surface area contributed by atoms with E-state index in [4.69, 9.17) is 9.47 Å². The fourth-order valence-corrected chi connectivity index (χ4v) is 2.59. The van der Waals surface area contributed by atoms with E-state index in [1.165, 1.54) is 0 Å². The lowest BCUT2D eigenvalue weighted by Crippen LogP contribution is -2.48. The smallest absolute Gasteiger partial charge is 0.416 e. The Morgan fingerprint density at radius 3 is 2.38 bits per heavy atom. The molecule has 0 spiro atoms. The van der Waals surface area contributed by atoms with Crippen LogP contribution in [0.4, 0.5) is 18.0 Å². The van der Waals surface area contributed by atoms with Gasteiger partial charge in [-0.2, -0.15) is 13.2 Å². The summed E-state index contributed by atoms with van der Waals surface area (Å²) in [6.45, 7) is 9.31. The van der Waals surface area contributed by atoms with Crippen molar-refractivity contribution in [1.82, 2.24) is 4.90 Å². The van der Waals surface area contributed by atoms with Gasteiger partial charge in [-0.25, -0.2) is 9.69 Å². The van der Waals surface area contributed by atoms with Crippen LogP contribution in [-0.4, -0.2) is 48.3 Å². The van der Waals surface area contributed by atoms with Gasteiger partial charge >= 0.3 is 18.2 Å². The van der Waals surface area contributed by atoms with Crippen LogP contribution >= 0.6 is 0 Å². The molecule has 1 aliphatic rings. The zero-order valence-electron chi connectivity index (χ0n) is 15.3. The molecule has 0 bridgehead atoms. The van der Waals surface area contributed by atoms with Crippen LogP contribution in [0.5, 0.6) is 0 Å². The molecule has 9 heteroatoms. The topological polar surface area (TPSA) is 72.9 Å². The fourth-order valence-electron chi connectivity index (χ4n) is 2.59. The summed E-state index contributed by atoms with van der Waals surface area (Å²) in [4.78, 5) is 36.8. The maximum absolute atomic E-state index is 13.4. The zero-order valence-corrected chi connectivity index (χ0v) is 15.3. The lowest BCUT2D eigenvalue weighted by molar-refractivity contribution is -0.198. The molecule has 0 aromatic heterocycles. The molecule has 1 heterocycles. The second-order valence-electron chi connectivity index (χ2n) is 6.86. The SMILES string of the molecule is C=C(C)COC(=O)C[C@H]([C@@H](C)C(=O)N1C(=O)OC[C@@H]1C(C)C)C(F)(F)F. The highest BCUT2D eigenvalue weighted by Gasteiger charge is 2.50. The molecule has 0 aromatic rings. The highest BCUT2D eigenvalue weighted by Crippen LogP contribution is 2.37. The van der Waals surface area contributed by atoms with E-state index in [1.54, 1.807) is 20.8 Å². The van der Waals surface area contributed by atoms with E-state index in [1.807, 2.05) is 0 Å². The van der Waals surface area contributed by atoms with Crippen molar-refractivity contribution in [3.8, 4) is 0 Å². The normalized spacial score (nSPS) is 19.9. The van der Waals surface area contributed by atoms with Gasteiger partial charge in [-0.3, -0.25) is 9.59 Å². The van der Waals surface area contributed by atoms with Gasteiger partial charge in [0.1, 0.15) is 13.2 Å². The van der Waals surface area contributed by atoms with Gasteiger partial charge in [-0.15, -0.1) is 0 Å². The van der Waals surface area contributed by atoms with E-state index < -0.39 is 48.4 Å². The van der Waals surface area contributed by atoms with Gasteiger partial charge < -0.3 is 9.47 Å². The number of hydrogen-bond donors (Lipinski definition) is 0. The first-order valence-corrected chi connectivity index (χ1v) is 8.22. The largest absolute Gasteiger partial charge is 0.461 e. The number of esters is 1. The van der Waals surface area contributed by atoms with Crippen molar-refractivity contribution >= 4 is 18.0 Å². The van der Waals surface area contributed by atoms with Crippen molar-refractivity contribution in [3.63, 3.8) is 0 Å². The van der Waals surface area contributed by atoms with Gasteiger partial charge in [0.25, 0.3) is 0 Å². The van der Waals surface area contributed by atoms with Crippen LogP contribution in [0, 0.1) is 17.8 Å². The molecule has 0 aliphatic carbocycles. The minimum Gasteiger partial charge on any atom is -0.461 e. The van der Waals surface area contributed by atoms with Gasteiger partial charge in [0.2, 0.25) is 5.91 Å². The number of hydrogen-bond acceptors (Lipinski definition) is 5. The lowest BCUT2D eigenvalue weighted by Gasteiger charge is -2.30. The van der Waals surface area contributed by atoms with Crippen molar-refractivity contribution in [2.45, 2.75) is 46.3 Å². The minimum absolute atomic E-state index is 0.0632. The van der Waals surface area contributed by atoms with Crippen LogP contribution in [0.1, 0.15) is 34.1 Å². The number of alkyl halides is 3. The molecule has 1 saturated heterocycles. The fraction of sp³-hybridized carbons (Fsp3) is 0.706. The van der Waals surface area contributed by atoms with E-state index in [2.05, 4.69) is 6.58 Å². The first-order valence-electron chi connectivity index (χ1n) is 8.22. The molecule has 148 valence electrons. The van der Waals surface area contributed by atoms with E-state index in [0.29, 0.717) is 5.57 Å². The summed E-state index contributed by atoms with van der Waals surface area (Å²) in [7, 11) is 0. The monoisotopic (exact) mass is 379 g/mol. The number of nitrogens with zero attached hydrogens (tertiary/aromatic N) is 1. The average Bonchev–Trinajstić information content (AvgIpc) is 2.90. The van der Waals surface area contributed by atoms with Crippen LogP contribution in [-0.2, 0) is 19.1 Å². The Hall–Kier alpha value is -2.06. The predicted molar refractivity (Wildman–Crippen MR) is 85.9 cm³/mol. The number of ether oxygens (including phenoxy) is 2. The number of rotatable bonds is 7. The number of imide groups is 1. The van der Waals surface area contributed by atoms with Crippen molar-refractivity contribution in [3.05, 3.63) is 12.2 Å². The quantitative estimate of drug-likeness (QED) is 0.501. The van der Waals surface area contributed by atoms with Crippen LogP contribution in [0.25, 0.3) is 0 Å². The molecule has 1 fully saturated rings. The van der Waals surface area contributed by atoms with E-state index in [-0.39, 0.29) is 19.1 Å². The first kappa shape index (κ1) is 22.0. The van der Waals surface area contributed by atoms with Crippen molar-refractivity contribution in [2.75, 3.05) is 13.2 Å². The Morgan fingerprint density at radius 2 is 1.92 bits per heavy atom. The molecule has 1 rings (SSSR count). The minimum atomic E-state index is -4.81. The number of carbonyl (C=O) groups is 3. The number of cyclic esters (lactones) is 1. The number of amides is 2. The molecule has 1 aliphatic heterocycles. The Kier molecular flexibility index (Phi) is 7.23. The van der Waals surface area contributed by atoms with Crippen LogP contribution in [0.2, 0.25) is 0 Å². The molecule has 0 aromatic carbocycles. The highest BCUT2D eigenvalue weighted by atomic mass is 19.4. The molecule has 26 heavy (non-hydrogen) atoms. The molecule has 0 radical (unpaired) electrons. The van der Waals surface area contributed by atoms with Gasteiger partial charge in [-0.1, -0.05) is 27.4 Å². The number of carbonyl (C=O) groups excluding carboxylic acids is 3. The van der Waals surface area contributed by atoms with Crippen LogP contribution < -0.4 is 0 Å². The number of halogens is 3. The summed E-state index contributed by atoms with van der Waals surface area (Å²) in [6, 6.07) is -0.637. The highest BCUT2D eigenvalue weighted by molar-refractivity contribution is 5.95. The maximum Gasteiger partial charge on any atom is 0.416 e. The van der Waals surface area contributed by atoms with E-state index in [9.17, 15) is 27.6 Å². The Bertz CT molecular complexity index is 573. The van der Waals surface area contributed by atoms with Gasteiger partial charge in [0, 0.05) is 5.92 Å². The third kappa shape index (κ3) is 5.47. The summed E-state index contributed by atoms with van der Waals surface area (Å²) in [5, 5.41) is 0. The standard InChI is InChI=1S/C17H24F3NO5/c1-9(2)7-25-14(22)6-12(17(18,19)20)11(5)15(23)21-13(10(3)4)8-26-16(21)24/h10-13H,1,6-8H2,2-5H3/t11-,12-,13-/m1/s1. The Balaban J connectivity index is 2.96. The van der Waals surface area contributed by atoms with Crippen LogP contribution in [0.15, 0.2) is 12.2 Å². The van der Waals surface area contributed by atoms with E-state index in [0.717, 1.165) is 11.8 Å². The molecule has 3 atom stereocenters. The second kappa shape index (κ2) is 8.55. The summed E-state index contributed by atoms with van der Waals surface area (Å²) in [5.74, 6) is -6.18. The van der Waals surface area contributed by atoms with Crippen molar-refractivity contribution < 1.29 is 37.0 Å². The van der Waals surface area contributed by atoms with Gasteiger partial charge in [-0.05, 0) is 18.4 Å². The maximum atomic E-state index is 13.4. The Labute approximate surface area is 150 Å². The second-order valence-corrected chi connectivity index (χ2v) is 6.86. The molecular formula is C17H24F3NO5. The average molecular weight is 379 g/mol. The molecule has 0 unspecified atom stereocenters. The Morgan fingerprint density at radius 1 is 1.35 bits per heavy atom. The molecule has 0 saturated carbocycles. The molecular weight excluding hydrogens is 355 g/mol. The lowest BCUT2D eigenvalue weighted by atomic mass is 9.88. The molecule has 2 amide bonds. The summed E-state index contributed by atoms with van der Waals surface area (Å²) in [6.07, 6.45) is -6.79. The summed E-state index contributed by atoms with van der Waals surface area (Å²) < 4.78 is 49.8. The zero-order chi connectivity index (χ0) is 20.2. The van der Waals surface area contributed by atoms with E-state index >= 15 is 0 Å². The van der Waals surface area contributed by atoms with Crippen molar-refractivity contribution in [1.29, 1.82) is 0 Å². The van der Waals surface area contributed by atoms with Crippen molar-refractivity contribution in [2.24, 2.45) is 17.8 Å². The van der Waals surface area contributed by atoms with Gasteiger partial charge in [0.05, 0.1) is 18.4 Å². The third-order valence-corrected chi connectivity index (χ3v) is 4.19. The first-order chi connectivity index (χ1) is 11.9. The third-order valence-electron chi connectivity index (χ3n) is 4.19. The van der Waals surface area contributed by atoms with Gasteiger partial charge in [0.15, 0.2) is 0 Å². The summed E-state index contributed by atoms with van der Waals surface area (Å²) in [5.41, 5.74) is 0.477. The molecule has 0 N–H and O–H groups in total.